The van der Waals surface area contributed by atoms with E-state index in [0.717, 1.165) is 14.6 Å². The maximum Gasteiger partial charge on any atom is 0.408 e. The lowest BCUT2D eigenvalue weighted by Gasteiger charge is -2.44. The van der Waals surface area contributed by atoms with Crippen molar-refractivity contribution in [2.24, 2.45) is 0 Å². The van der Waals surface area contributed by atoms with Gasteiger partial charge >= 0.3 is 6.18 Å². The van der Waals surface area contributed by atoms with Gasteiger partial charge in [-0.3, -0.25) is 0 Å². The summed E-state index contributed by atoms with van der Waals surface area (Å²) >= 11 is 6.39. The molecule has 2 aliphatic heterocycles. The maximum atomic E-state index is 14.2. The Bertz CT molecular complexity index is 1340. The highest BCUT2D eigenvalue weighted by molar-refractivity contribution is 7.90. The minimum absolute atomic E-state index is 0.0354. The Balaban J connectivity index is 1.66. The van der Waals surface area contributed by atoms with Crippen molar-refractivity contribution in [2.75, 3.05) is 24.7 Å². The number of aryl methyl sites for hydroxylation is 1. The van der Waals surface area contributed by atoms with Gasteiger partial charge in [-0.05, 0) is 31.2 Å². The lowest BCUT2D eigenvalue weighted by molar-refractivity contribution is -0.218. The van der Waals surface area contributed by atoms with Crippen molar-refractivity contribution in [3.05, 3.63) is 53.1 Å². The number of nitrogens with zero attached hydrogens (tertiary/aromatic N) is 3. The molecule has 34 heavy (non-hydrogen) atoms. The van der Waals surface area contributed by atoms with Gasteiger partial charge in [0.1, 0.15) is 6.04 Å². The molecule has 5 rings (SSSR count). The first-order valence-corrected chi connectivity index (χ1v) is 12.4. The van der Waals surface area contributed by atoms with Crippen LogP contribution in [0.2, 0.25) is 5.02 Å². The van der Waals surface area contributed by atoms with Crippen LogP contribution in [0.3, 0.4) is 0 Å². The fourth-order valence-corrected chi connectivity index (χ4v) is 6.07. The molecule has 3 heterocycles. The molecule has 0 amide bonds. The van der Waals surface area contributed by atoms with Gasteiger partial charge in [0.25, 0.3) is 10.0 Å². The van der Waals surface area contributed by atoms with E-state index in [1.165, 1.54) is 30.3 Å². The molecule has 2 fully saturated rings. The smallest absolute Gasteiger partial charge is 0.347 e. The molecule has 12 heteroatoms. The Hall–Kier alpha value is -2.34. The Labute approximate surface area is 199 Å². The molecule has 0 saturated carbocycles. The Morgan fingerprint density at radius 1 is 1.12 bits per heavy atom. The number of hydrogen-bond donors (Lipinski definition) is 0. The number of benzene rings is 2. The zero-order chi connectivity index (χ0) is 24.3. The van der Waals surface area contributed by atoms with Crippen LogP contribution in [-0.4, -0.2) is 55.4 Å². The van der Waals surface area contributed by atoms with Gasteiger partial charge in [-0.1, -0.05) is 35.4 Å². The number of hydrogen-bond acceptors (Lipinski definition) is 6. The van der Waals surface area contributed by atoms with Gasteiger partial charge in [0.05, 0.1) is 34.0 Å². The molecule has 1 aromatic heterocycles. The molecule has 182 valence electrons. The van der Waals surface area contributed by atoms with Crippen molar-refractivity contribution >= 4 is 38.3 Å². The summed E-state index contributed by atoms with van der Waals surface area (Å²) in [5, 5.41) is 4.45. The van der Waals surface area contributed by atoms with Crippen LogP contribution >= 0.6 is 11.6 Å². The quantitative estimate of drug-likeness (QED) is 0.511. The van der Waals surface area contributed by atoms with Crippen molar-refractivity contribution in [3.8, 4) is 0 Å². The van der Waals surface area contributed by atoms with E-state index >= 15 is 0 Å². The number of fused-ring (bicyclic) bond motifs is 1. The molecule has 0 aliphatic carbocycles. The van der Waals surface area contributed by atoms with Crippen LogP contribution in [0.1, 0.15) is 18.4 Å². The van der Waals surface area contributed by atoms with Crippen LogP contribution in [0, 0.1) is 6.92 Å². The topological polar surface area (TPSA) is 73.7 Å². The van der Waals surface area contributed by atoms with Crippen LogP contribution < -0.4 is 4.90 Å². The van der Waals surface area contributed by atoms with Gasteiger partial charge < -0.3 is 14.4 Å². The highest BCUT2D eigenvalue weighted by Gasteiger charge is 2.55. The Morgan fingerprint density at radius 3 is 2.44 bits per heavy atom. The fraction of sp³-hybridized carbons (Fsp3) is 0.409. The van der Waals surface area contributed by atoms with E-state index < -0.39 is 34.4 Å². The standard InChI is InChI=1S/C22H21ClF3N3O4S/c1-14-5-7-15(8-6-14)34(30,31)29-17-4-2-3-16(23)19(17)20(27-29)28-10-9-21(32-11-12-33-21)13-18(28)22(24,25)26/h2-8,18H,9-13H2,1H3. The van der Waals surface area contributed by atoms with Crippen molar-refractivity contribution in [2.45, 2.75) is 42.7 Å². The summed E-state index contributed by atoms with van der Waals surface area (Å²) in [6.45, 7) is 2.16. The number of anilines is 1. The van der Waals surface area contributed by atoms with Crippen molar-refractivity contribution < 1.29 is 31.1 Å². The summed E-state index contributed by atoms with van der Waals surface area (Å²) in [6.07, 6.45) is -4.93. The first kappa shape index (κ1) is 23.4. The van der Waals surface area contributed by atoms with Gasteiger partial charge in [0.2, 0.25) is 0 Å². The summed E-state index contributed by atoms with van der Waals surface area (Å²) in [6, 6.07) is 8.64. The molecular formula is C22H21ClF3N3O4S. The third kappa shape index (κ3) is 3.84. The molecule has 3 aromatic rings. The monoisotopic (exact) mass is 515 g/mol. The summed E-state index contributed by atoms with van der Waals surface area (Å²) < 4.78 is 81.3. The van der Waals surface area contributed by atoms with Gasteiger partial charge in [0.15, 0.2) is 11.6 Å². The molecular weight excluding hydrogens is 495 g/mol. The highest BCUT2D eigenvalue weighted by Crippen LogP contribution is 2.45. The highest BCUT2D eigenvalue weighted by atomic mass is 35.5. The van der Waals surface area contributed by atoms with E-state index in [0.29, 0.717) is 0 Å². The van der Waals surface area contributed by atoms with Crippen LogP contribution in [0.15, 0.2) is 47.4 Å². The first-order valence-electron chi connectivity index (χ1n) is 10.6. The van der Waals surface area contributed by atoms with Gasteiger partial charge in [-0.15, -0.1) is 5.10 Å². The molecule has 1 spiro atoms. The van der Waals surface area contributed by atoms with Crippen LogP contribution in [-0.2, 0) is 19.5 Å². The first-order chi connectivity index (χ1) is 16.0. The third-order valence-corrected chi connectivity index (χ3v) is 8.15. The van der Waals surface area contributed by atoms with Crippen LogP contribution in [0.5, 0.6) is 0 Å². The SMILES string of the molecule is Cc1ccc(S(=O)(=O)n2nc(N3CCC4(CC3C(F)(F)F)OCCO4)c3c(Cl)cccc32)cc1. The summed E-state index contributed by atoms with van der Waals surface area (Å²) in [5.41, 5.74) is 0.956. The molecule has 1 unspecified atom stereocenters. The second-order valence-corrected chi connectivity index (χ2v) is 10.6. The molecule has 2 saturated heterocycles. The number of piperidine rings is 1. The summed E-state index contributed by atoms with van der Waals surface area (Å²) in [7, 11) is -4.20. The van der Waals surface area contributed by atoms with E-state index in [2.05, 4.69) is 5.10 Å². The van der Waals surface area contributed by atoms with Gasteiger partial charge in [-0.2, -0.15) is 25.7 Å². The second kappa shape index (κ2) is 8.11. The lowest BCUT2D eigenvalue weighted by Crippen LogP contribution is -2.57. The minimum atomic E-state index is -4.64. The van der Waals surface area contributed by atoms with Gasteiger partial charge in [0, 0.05) is 19.4 Å². The summed E-state index contributed by atoms with van der Waals surface area (Å²) in [5.74, 6) is -1.46. The maximum absolute atomic E-state index is 14.2. The predicted molar refractivity (Wildman–Crippen MR) is 120 cm³/mol. The summed E-state index contributed by atoms with van der Waals surface area (Å²) in [4.78, 5) is 1.03. The molecule has 2 aliphatic rings. The van der Waals surface area contributed by atoms with Gasteiger partial charge in [-0.25, -0.2) is 0 Å². The number of halogens is 4. The predicted octanol–water partition coefficient (Wildman–Crippen LogP) is 4.51. The van der Waals surface area contributed by atoms with E-state index in [-0.39, 0.29) is 52.8 Å². The zero-order valence-corrected chi connectivity index (χ0v) is 19.6. The largest absolute Gasteiger partial charge is 0.408 e. The molecule has 1 atom stereocenters. The van der Waals surface area contributed by atoms with Crippen molar-refractivity contribution in [1.82, 2.24) is 9.19 Å². The normalized spacial score (nSPS) is 21.0. The van der Waals surface area contributed by atoms with E-state index in [1.54, 1.807) is 12.1 Å². The Morgan fingerprint density at radius 2 is 1.79 bits per heavy atom. The number of alkyl halides is 3. The van der Waals surface area contributed by atoms with E-state index in [1.807, 2.05) is 6.92 Å². The van der Waals surface area contributed by atoms with Crippen molar-refractivity contribution in [3.63, 3.8) is 0 Å². The average molecular weight is 516 g/mol. The number of ether oxygens (including phenoxy) is 2. The third-order valence-electron chi connectivity index (χ3n) is 6.23. The molecule has 0 bridgehead atoms. The van der Waals surface area contributed by atoms with Crippen LogP contribution in [0.4, 0.5) is 19.0 Å². The van der Waals surface area contributed by atoms with E-state index in [9.17, 15) is 21.6 Å². The zero-order valence-electron chi connectivity index (χ0n) is 18.0. The average Bonchev–Trinajstić information content (AvgIpc) is 3.40. The van der Waals surface area contributed by atoms with Crippen molar-refractivity contribution in [1.29, 1.82) is 0 Å². The Kier molecular flexibility index (Phi) is 5.58. The number of rotatable bonds is 3. The van der Waals surface area contributed by atoms with Crippen LogP contribution in [0.25, 0.3) is 10.9 Å². The molecule has 0 radical (unpaired) electrons. The molecule has 7 nitrogen and oxygen atoms in total. The molecule has 0 N–H and O–H groups in total. The number of aromatic nitrogens is 2. The fourth-order valence-electron chi connectivity index (χ4n) is 4.54. The van der Waals surface area contributed by atoms with E-state index in [4.69, 9.17) is 21.1 Å². The lowest BCUT2D eigenvalue weighted by atomic mass is 9.95. The second-order valence-electron chi connectivity index (χ2n) is 8.43. The minimum Gasteiger partial charge on any atom is -0.347 e. The molecule has 2 aromatic carbocycles.